The van der Waals surface area contributed by atoms with Crippen LogP contribution in [0.15, 0.2) is 48.5 Å². The molecule has 0 fully saturated rings. The molecule has 2 aromatic carbocycles. The first kappa shape index (κ1) is 26.7. The lowest BCUT2D eigenvalue weighted by molar-refractivity contribution is -0.139. The molecule has 2 amide bonds. The SMILES string of the molecule is Cc1c(Cl)cccc1N(CC(=O)N(Cc1ccccc1)[C@H](C)C(=O)NCC(C)C)S(C)(=O)=O. The molecule has 0 unspecified atom stereocenters. The standard InChI is InChI=1S/C24H32ClN3O4S/c1-17(2)14-26-24(30)19(4)27(15-20-10-7-6-8-11-20)23(29)16-28(33(5,31)32)22-13-9-12-21(25)18(22)3/h6-13,17,19H,14-16H2,1-5H3,(H,26,30)/t19-/m1/s1. The van der Waals surface area contributed by atoms with Crippen molar-refractivity contribution in [2.24, 2.45) is 5.92 Å². The number of nitrogens with zero attached hydrogens (tertiary/aromatic N) is 2. The van der Waals surface area contributed by atoms with Crippen molar-refractivity contribution in [3.05, 3.63) is 64.7 Å². The summed E-state index contributed by atoms with van der Waals surface area (Å²) in [6, 6.07) is 13.4. The number of nitrogens with one attached hydrogen (secondary N) is 1. The molecule has 1 N–H and O–H groups in total. The van der Waals surface area contributed by atoms with Crippen molar-refractivity contribution in [1.29, 1.82) is 0 Å². The van der Waals surface area contributed by atoms with Crippen molar-refractivity contribution in [2.75, 3.05) is 23.7 Å². The van der Waals surface area contributed by atoms with Crippen LogP contribution in [0.25, 0.3) is 0 Å². The number of benzene rings is 2. The van der Waals surface area contributed by atoms with E-state index in [0.29, 0.717) is 22.8 Å². The van der Waals surface area contributed by atoms with Crippen LogP contribution in [0.3, 0.4) is 0 Å². The molecule has 0 aliphatic rings. The molecular formula is C24H32ClN3O4S. The van der Waals surface area contributed by atoms with Crippen LogP contribution in [0.1, 0.15) is 31.9 Å². The van der Waals surface area contributed by atoms with Crippen molar-refractivity contribution in [1.82, 2.24) is 10.2 Å². The van der Waals surface area contributed by atoms with Gasteiger partial charge in [-0.1, -0.05) is 61.8 Å². The van der Waals surface area contributed by atoms with Crippen LogP contribution in [0, 0.1) is 12.8 Å². The number of sulfonamides is 1. The Morgan fingerprint density at radius 2 is 1.67 bits per heavy atom. The summed E-state index contributed by atoms with van der Waals surface area (Å²) in [5.74, 6) is -0.528. The second-order valence-corrected chi connectivity index (χ2v) is 10.8. The van der Waals surface area contributed by atoms with Crippen molar-refractivity contribution >= 4 is 39.1 Å². The molecule has 0 radical (unpaired) electrons. The molecule has 0 spiro atoms. The predicted octanol–water partition coefficient (Wildman–Crippen LogP) is 3.60. The third kappa shape index (κ3) is 7.47. The van der Waals surface area contributed by atoms with E-state index in [1.807, 2.05) is 44.2 Å². The summed E-state index contributed by atoms with van der Waals surface area (Å²) < 4.78 is 26.3. The lowest BCUT2D eigenvalue weighted by Gasteiger charge is -2.32. The summed E-state index contributed by atoms with van der Waals surface area (Å²) in [5, 5.41) is 3.25. The van der Waals surface area contributed by atoms with E-state index < -0.39 is 28.5 Å². The first-order chi connectivity index (χ1) is 15.4. The lowest BCUT2D eigenvalue weighted by Crippen LogP contribution is -2.51. The number of halogens is 1. The number of amides is 2. The van der Waals surface area contributed by atoms with E-state index in [0.717, 1.165) is 16.1 Å². The molecular weight excluding hydrogens is 462 g/mol. The van der Waals surface area contributed by atoms with E-state index in [1.54, 1.807) is 32.0 Å². The largest absolute Gasteiger partial charge is 0.354 e. The van der Waals surface area contributed by atoms with Crippen LogP contribution in [-0.2, 0) is 26.2 Å². The molecule has 1 atom stereocenters. The molecule has 33 heavy (non-hydrogen) atoms. The number of rotatable bonds is 10. The number of anilines is 1. The van der Waals surface area contributed by atoms with Crippen LogP contribution < -0.4 is 9.62 Å². The highest BCUT2D eigenvalue weighted by atomic mass is 35.5. The smallest absolute Gasteiger partial charge is 0.244 e. The fraction of sp³-hybridized carbons (Fsp3) is 0.417. The maximum Gasteiger partial charge on any atom is 0.244 e. The van der Waals surface area contributed by atoms with Gasteiger partial charge in [-0.15, -0.1) is 0 Å². The zero-order chi connectivity index (χ0) is 24.8. The summed E-state index contributed by atoms with van der Waals surface area (Å²) in [4.78, 5) is 27.7. The predicted molar refractivity (Wildman–Crippen MR) is 133 cm³/mol. The molecule has 2 rings (SSSR count). The highest BCUT2D eigenvalue weighted by Gasteiger charge is 2.30. The number of carbonyl (C=O) groups excluding carboxylic acids is 2. The van der Waals surface area contributed by atoms with Gasteiger partial charge >= 0.3 is 0 Å². The Hall–Kier alpha value is -2.58. The van der Waals surface area contributed by atoms with Crippen LogP contribution in [0.4, 0.5) is 5.69 Å². The van der Waals surface area contributed by atoms with E-state index in [2.05, 4.69) is 5.32 Å². The van der Waals surface area contributed by atoms with Crippen molar-refractivity contribution in [3.8, 4) is 0 Å². The molecule has 7 nitrogen and oxygen atoms in total. The van der Waals surface area contributed by atoms with Crippen LogP contribution in [-0.4, -0.2) is 50.5 Å². The molecule has 0 aliphatic carbocycles. The fourth-order valence-electron chi connectivity index (χ4n) is 3.28. The van der Waals surface area contributed by atoms with Crippen LogP contribution in [0.5, 0.6) is 0 Å². The zero-order valence-corrected chi connectivity index (χ0v) is 21.3. The van der Waals surface area contributed by atoms with Gasteiger partial charge in [-0.05, 0) is 43.0 Å². The van der Waals surface area contributed by atoms with Gasteiger partial charge in [-0.3, -0.25) is 13.9 Å². The number of hydrogen-bond acceptors (Lipinski definition) is 4. The van der Waals surface area contributed by atoms with Gasteiger partial charge in [0.1, 0.15) is 12.6 Å². The Kier molecular flexibility index (Phi) is 9.31. The van der Waals surface area contributed by atoms with Gasteiger partial charge in [0, 0.05) is 18.1 Å². The van der Waals surface area contributed by atoms with E-state index >= 15 is 0 Å². The fourth-order valence-corrected chi connectivity index (χ4v) is 4.35. The third-order valence-corrected chi connectivity index (χ3v) is 6.77. The molecule has 9 heteroatoms. The minimum atomic E-state index is -3.80. The van der Waals surface area contributed by atoms with Gasteiger partial charge in [0.05, 0.1) is 11.9 Å². The Morgan fingerprint density at radius 1 is 1.03 bits per heavy atom. The van der Waals surface area contributed by atoms with Gasteiger partial charge in [0.2, 0.25) is 21.8 Å². The average molecular weight is 494 g/mol. The Bertz CT molecular complexity index is 1070. The van der Waals surface area contributed by atoms with E-state index in [9.17, 15) is 18.0 Å². The topological polar surface area (TPSA) is 86.8 Å². The monoisotopic (exact) mass is 493 g/mol. The Balaban J connectivity index is 2.38. The molecule has 0 saturated heterocycles. The average Bonchev–Trinajstić information content (AvgIpc) is 2.75. The highest BCUT2D eigenvalue weighted by molar-refractivity contribution is 7.92. The summed E-state index contributed by atoms with van der Waals surface area (Å²) in [6.45, 7) is 7.50. The van der Waals surface area contributed by atoms with E-state index in [4.69, 9.17) is 11.6 Å². The maximum absolute atomic E-state index is 13.5. The first-order valence-corrected chi connectivity index (χ1v) is 13.0. The molecule has 0 saturated carbocycles. The summed E-state index contributed by atoms with van der Waals surface area (Å²) in [5.41, 5.74) is 1.71. The van der Waals surface area contributed by atoms with Crippen molar-refractivity contribution in [3.63, 3.8) is 0 Å². The lowest BCUT2D eigenvalue weighted by atomic mass is 10.1. The molecule has 0 heterocycles. The third-order valence-electron chi connectivity index (χ3n) is 5.23. The Morgan fingerprint density at radius 3 is 2.24 bits per heavy atom. The van der Waals surface area contributed by atoms with Gasteiger partial charge < -0.3 is 10.2 Å². The van der Waals surface area contributed by atoms with Crippen LogP contribution >= 0.6 is 11.6 Å². The van der Waals surface area contributed by atoms with Crippen molar-refractivity contribution < 1.29 is 18.0 Å². The first-order valence-electron chi connectivity index (χ1n) is 10.8. The van der Waals surface area contributed by atoms with Gasteiger partial charge in [0.15, 0.2) is 0 Å². The van der Waals surface area contributed by atoms with E-state index in [1.165, 1.54) is 4.90 Å². The highest BCUT2D eigenvalue weighted by Crippen LogP contribution is 2.28. The maximum atomic E-state index is 13.5. The second-order valence-electron chi connectivity index (χ2n) is 8.48. The molecule has 0 aromatic heterocycles. The van der Waals surface area contributed by atoms with Gasteiger partial charge in [-0.2, -0.15) is 0 Å². The molecule has 0 aliphatic heterocycles. The zero-order valence-electron chi connectivity index (χ0n) is 19.7. The van der Waals surface area contributed by atoms with Gasteiger partial charge in [0.25, 0.3) is 0 Å². The van der Waals surface area contributed by atoms with E-state index in [-0.39, 0.29) is 18.4 Å². The number of hydrogen-bond donors (Lipinski definition) is 1. The summed E-state index contributed by atoms with van der Waals surface area (Å²) in [6.07, 6.45) is 1.04. The summed E-state index contributed by atoms with van der Waals surface area (Å²) in [7, 11) is -3.80. The summed E-state index contributed by atoms with van der Waals surface area (Å²) >= 11 is 6.20. The molecule has 180 valence electrons. The van der Waals surface area contributed by atoms with Gasteiger partial charge in [-0.25, -0.2) is 8.42 Å². The quantitative estimate of drug-likeness (QED) is 0.547. The molecule has 2 aromatic rings. The van der Waals surface area contributed by atoms with Crippen molar-refractivity contribution in [2.45, 2.75) is 40.3 Å². The molecule has 0 bridgehead atoms. The van der Waals surface area contributed by atoms with Crippen LogP contribution in [0.2, 0.25) is 5.02 Å². The number of carbonyl (C=O) groups is 2. The minimum absolute atomic E-state index is 0.169. The normalized spacial score (nSPS) is 12.3. The second kappa shape index (κ2) is 11.5. The Labute approximate surface area is 201 Å². The minimum Gasteiger partial charge on any atom is -0.354 e.